The Hall–Kier alpha value is -1.97. The normalized spacial score (nSPS) is 12.4. The summed E-state index contributed by atoms with van der Waals surface area (Å²) in [6.07, 6.45) is 0.391. The number of hydrogen-bond donors (Lipinski definition) is 2. The van der Waals surface area contributed by atoms with Crippen LogP contribution in [0.25, 0.3) is 10.8 Å². The van der Waals surface area contributed by atoms with Gasteiger partial charge in [0.1, 0.15) is 0 Å². The molecule has 27 heavy (non-hydrogen) atoms. The number of rotatable bonds is 6. The van der Waals surface area contributed by atoms with Crippen LogP contribution in [-0.2, 0) is 26.5 Å². The summed E-state index contributed by atoms with van der Waals surface area (Å²) in [5.41, 5.74) is 0.779. The quantitative estimate of drug-likeness (QED) is 0.634. The predicted molar refractivity (Wildman–Crippen MR) is 106 cm³/mol. The number of primary sulfonamides is 1. The molecule has 142 valence electrons. The molecule has 0 heterocycles. The molecular formula is C18H17ClN2O4S2. The van der Waals surface area contributed by atoms with Gasteiger partial charge in [0.2, 0.25) is 20.0 Å². The zero-order chi connectivity index (χ0) is 19.7. The fraction of sp³-hybridized carbons (Fsp3) is 0.111. The molecule has 0 fully saturated rings. The SMILES string of the molecule is NS(=O)(=O)c1ccc(CCNS(=O)(=O)c2cccc3cccc(Cl)c23)cc1. The predicted octanol–water partition coefficient (Wildman–Crippen LogP) is 2.66. The van der Waals surface area contributed by atoms with Crippen LogP contribution in [0.4, 0.5) is 0 Å². The standard InChI is InChI=1S/C18H17ClN2O4S2/c19-16-5-1-3-14-4-2-6-17(18(14)16)27(24,25)21-12-11-13-7-9-15(10-8-13)26(20,22)23/h1-10,21H,11-12H2,(H2,20,22,23). The Morgan fingerprint density at radius 1 is 0.889 bits per heavy atom. The summed E-state index contributed by atoms with van der Waals surface area (Å²) in [7, 11) is -7.51. The third kappa shape index (κ3) is 4.48. The molecule has 0 aromatic heterocycles. The Morgan fingerprint density at radius 3 is 2.15 bits per heavy atom. The maximum absolute atomic E-state index is 12.7. The number of fused-ring (bicyclic) bond motifs is 1. The molecule has 6 nitrogen and oxygen atoms in total. The highest BCUT2D eigenvalue weighted by Crippen LogP contribution is 2.29. The summed E-state index contributed by atoms with van der Waals surface area (Å²) in [5, 5.41) is 6.64. The number of benzene rings is 3. The van der Waals surface area contributed by atoms with E-state index in [0.29, 0.717) is 16.8 Å². The van der Waals surface area contributed by atoms with Crippen molar-refractivity contribution in [1.29, 1.82) is 0 Å². The Morgan fingerprint density at radius 2 is 1.52 bits per heavy atom. The Balaban J connectivity index is 1.77. The van der Waals surface area contributed by atoms with E-state index < -0.39 is 20.0 Å². The average Bonchev–Trinajstić information content (AvgIpc) is 2.61. The van der Waals surface area contributed by atoms with Crippen LogP contribution >= 0.6 is 11.6 Å². The number of nitrogens with one attached hydrogen (secondary N) is 1. The zero-order valence-electron chi connectivity index (χ0n) is 14.1. The fourth-order valence-electron chi connectivity index (χ4n) is 2.74. The first-order valence-electron chi connectivity index (χ1n) is 7.97. The summed E-state index contributed by atoms with van der Waals surface area (Å²) in [6, 6.07) is 16.2. The maximum atomic E-state index is 12.7. The molecule has 0 spiro atoms. The lowest BCUT2D eigenvalue weighted by atomic mass is 10.1. The largest absolute Gasteiger partial charge is 0.241 e. The van der Waals surface area contributed by atoms with Crippen LogP contribution in [0.2, 0.25) is 5.02 Å². The minimum Gasteiger partial charge on any atom is -0.225 e. The third-order valence-electron chi connectivity index (χ3n) is 4.06. The maximum Gasteiger partial charge on any atom is 0.241 e. The highest BCUT2D eigenvalue weighted by molar-refractivity contribution is 7.89. The van der Waals surface area contributed by atoms with Crippen LogP contribution in [-0.4, -0.2) is 23.4 Å². The second-order valence-corrected chi connectivity index (χ2v) is 9.63. The molecule has 3 N–H and O–H groups in total. The monoisotopic (exact) mass is 424 g/mol. The lowest BCUT2D eigenvalue weighted by molar-refractivity contribution is 0.582. The van der Waals surface area contributed by atoms with Gasteiger partial charge in [-0.2, -0.15) is 0 Å². The van der Waals surface area contributed by atoms with E-state index >= 15 is 0 Å². The minimum absolute atomic E-state index is 0.0113. The van der Waals surface area contributed by atoms with Gasteiger partial charge in [0.15, 0.2) is 0 Å². The van der Waals surface area contributed by atoms with Gasteiger partial charge in [-0.3, -0.25) is 0 Å². The van der Waals surface area contributed by atoms with Gasteiger partial charge in [-0.05, 0) is 41.6 Å². The molecule has 0 saturated carbocycles. The van der Waals surface area contributed by atoms with Gasteiger partial charge in [0.05, 0.1) is 9.79 Å². The molecule has 9 heteroatoms. The van der Waals surface area contributed by atoms with Crippen molar-refractivity contribution in [3.05, 3.63) is 71.2 Å². The molecule has 0 unspecified atom stereocenters. The smallest absolute Gasteiger partial charge is 0.225 e. The molecule has 3 aromatic rings. The average molecular weight is 425 g/mol. The van der Waals surface area contributed by atoms with Crippen molar-refractivity contribution in [2.45, 2.75) is 16.2 Å². The molecule has 0 aliphatic rings. The first-order chi connectivity index (χ1) is 12.7. The fourth-order valence-corrected chi connectivity index (χ4v) is 4.88. The van der Waals surface area contributed by atoms with Gasteiger partial charge in [-0.25, -0.2) is 26.7 Å². The molecule has 0 aliphatic carbocycles. The molecule has 0 radical (unpaired) electrons. The van der Waals surface area contributed by atoms with E-state index in [0.717, 1.165) is 10.9 Å². The van der Waals surface area contributed by atoms with Crippen LogP contribution < -0.4 is 9.86 Å². The number of halogens is 1. The van der Waals surface area contributed by atoms with Gasteiger partial charge in [-0.15, -0.1) is 0 Å². The number of hydrogen-bond acceptors (Lipinski definition) is 4. The number of nitrogens with two attached hydrogens (primary N) is 1. The second-order valence-electron chi connectivity index (χ2n) is 5.93. The zero-order valence-corrected chi connectivity index (χ0v) is 16.5. The van der Waals surface area contributed by atoms with E-state index in [1.807, 2.05) is 0 Å². The van der Waals surface area contributed by atoms with Crippen molar-refractivity contribution in [2.75, 3.05) is 6.54 Å². The van der Waals surface area contributed by atoms with Crippen molar-refractivity contribution in [3.8, 4) is 0 Å². The van der Waals surface area contributed by atoms with Gasteiger partial charge in [-0.1, -0.05) is 48.0 Å². The summed E-state index contributed by atoms with van der Waals surface area (Å²) >= 11 is 6.20. The van der Waals surface area contributed by atoms with Crippen LogP contribution in [0.1, 0.15) is 5.56 Å². The van der Waals surface area contributed by atoms with E-state index in [1.165, 1.54) is 18.2 Å². The van der Waals surface area contributed by atoms with Crippen LogP contribution in [0, 0.1) is 0 Å². The molecule has 0 aliphatic heterocycles. The van der Waals surface area contributed by atoms with Crippen LogP contribution in [0.15, 0.2) is 70.5 Å². The van der Waals surface area contributed by atoms with E-state index in [2.05, 4.69) is 4.72 Å². The molecular weight excluding hydrogens is 408 g/mol. The van der Waals surface area contributed by atoms with Crippen molar-refractivity contribution < 1.29 is 16.8 Å². The second kappa shape index (κ2) is 7.57. The minimum atomic E-state index is -3.76. The first kappa shape index (κ1) is 19.8. The summed E-state index contributed by atoms with van der Waals surface area (Å²) in [6.45, 7) is 0.151. The van der Waals surface area contributed by atoms with Gasteiger partial charge in [0, 0.05) is 17.0 Å². The Kier molecular flexibility index (Phi) is 5.55. The molecule has 0 bridgehead atoms. The summed E-state index contributed by atoms with van der Waals surface area (Å²) < 4.78 is 50.5. The molecule has 3 rings (SSSR count). The van der Waals surface area contributed by atoms with E-state index in [-0.39, 0.29) is 16.3 Å². The lowest BCUT2D eigenvalue weighted by Crippen LogP contribution is -2.26. The molecule has 0 saturated heterocycles. The van der Waals surface area contributed by atoms with Gasteiger partial charge in [0.25, 0.3) is 0 Å². The number of sulfonamides is 2. The van der Waals surface area contributed by atoms with Crippen LogP contribution in [0.3, 0.4) is 0 Å². The van der Waals surface area contributed by atoms with Gasteiger partial charge < -0.3 is 0 Å². The van der Waals surface area contributed by atoms with Gasteiger partial charge >= 0.3 is 0 Å². The lowest BCUT2D eigenvalue weighted by Gasteiger charge is -2.11. The molecule has 0 amide bonds. The van der Waals surface area contributed by atoms with Crippen molar-refractivity contribution in [2.24, 2.45) is 5.14 Å². The van der Waals surface area contributed by atoms with E-state index in [9.17, 15) is 16.8 Å². The van der Waals surface area contributed by atoms with Crippen LogP contribution in [0.5, 0.6) is 0 Å². The summed E-state index contributed by atoms with van der Waals surface area (Å²) in [5.74, 6) is 0. The highest BCUT2D eigenvalue weighted by Gasteiger charge is 2.18. The first-order valence-corrected chi connectivity index (χ1v) is 11.4. The highest BCUT2D eigenvalue weighted by atomic mass is 35.5. The van der Waals surface area contributed by atoms with E-state index in [1.54, 1.807) is 42.5 Å². The molecule has 3 aromatic carbocycles. The van der Waals surface area contributed by atoms with Crippen molar-refractivity contribution in [3.63, 3.8) is 0 Å². The van der Waals surface area contributed by atoms with E-state index in [4.69, 9.17) is 16.7 Å². The van der Waals surface area contributed by atoms with Crippen molar-refractivity contribution in [1.82, 2.24) is 4.72 Å². The molecule has 0 atom stereocenters. The Bertz CT molecular complexity index is 1190. The Labute approximate surface area is 163 Å². The third-order valence-corrected chi connectivity index (χ3v) is 6.81. The topological polar surface area (TPSA) is 106 Å². The van der Waals surface area contributed by atoms with Crippen molar-refractivity contribution >= 4 is 42.4 Å². The summed E-state index contributed by atoms with van der Waals surface area (Å²) in [4.78, 5) is 0.132.